The number of methoxy groups -OCH3 is 1. The zero-order valence-electron chi connectivity index (χ0n) is 26.8. The smallest absolute Gasteiger partial charge is 0.338 e. The molecule has 3 aromatic carbocycles. The van der Waals surface area contributed by atoms with E-state index in [2.05, 4.69) is 57.6 Å². The van der Waals surface area contributed by atoms with Crippen LogP contribution in [-0.4, -0.2) is 90.5 Å². The molecule has 4 atom stereocenters. The molecule has 2 aliphatic heterocycles. The van der Waals surface area contributed by atoms with Crippen molar-refractivity contribution >= 4 is 51.9 Å². The second kappa shape index (κ2) is 16.3. The fraction of sp³-hybridized carbons (Fsp3) is 0.444. The number of amides is 2. The van der Waals surface area contributed by atoms with Crippen LogP contribution in [0.15, 0.2) is 78.9 Å². The van der Waals surface area contributed by atoms with Crippen molar-refractivity contribution in [2.45, 2.75) is 49.0 Å². The number of urea groups is 1. The number of hydrogen-bond donors (Lipinski definition) is 1. The summed E-state index contributed by atoms with van der Waals surface area (Å²) in [6.45, 7) is 8.51. The summed E-state index contributed by atoms with van der Waals surface area (Å²) >= 11 is 8.50. The quantitative estimate of drug-likeness (QED) is 0.137. The van der Waals surface area contributed by atoms with Gasteiger partial charge in [-0.3, -0.25) is 4.90 Å². The number of hydrogen-bond acceptors (Lipinski definition) is 6. The number of nitrogens with zero attached hydrogens (tertiary/aromatic N) is 3. The molecular weight excluding hydrogens is 715 g/mol. The highest BCUT2D eigenvalue weighted by atomic mass is 127. The number of carbonyl (C=O) groups excluding carboxylic acids is 2. The molecule has 1 N–H and O–H groups in total. The van der Waals surface area contributed by atoms with Crippen LogP contribution in [0.4, 0.5) is 10.5 Å². The van der Waals surface area contributed by atoms with E-state index in [0.29, 0.717) is 31.0 Å². The van der Waals surface area contributed by atoms with Gasteiger partial charge < -0.3 is 24.6 Å². The molecule has 246 valence electrons. The number of carbonyl (C=O) groups is 2. The Bertz CT molecular complexity index is 1440. The first-order valence-electron chi connectivity index (χ1n) is 16.0. The van der Waals surface area contributed by atoms with E-state index in [1.807, 2.05) is 72.8 Å². The van der Waals surface area contributed by atoms with E-state index in [9.17, 15) is 9.59 Å². The third-order valence-corrected chi connectivity index (χ3v) is 10.4. The summed E-state index contributed by atoms with van der Waals surface area (Å²) in [7, 11) is 1.66. The third kappa shape index (κ3) is 8.93. The summed E-state index contributed by atoms with van der Waals surface area (Å²) < 4.78 is 11.7. The molecule has 2 amide bonds. The summed E-state index contributed by atoms with van der Waals surface area (Å²) in [5, 5.41) is 3.93. The Morgan fingerprint density at radius 1 is 0.935 bits per heavy atom. The normalized spacial score (nSPS) is 20.3. The van der Waals surface area contributed by atoms with Crippen LogP contribution < -0.4 is 10.2 Å². The molecule has 0 aliphatic carbocycles. The average molecular weight is 759 g/mol. The number of esters is 1. The highest BCUT2D eigenvalue weighted by molar-refractivity contribution is 14.1. The van der Waals surface area contributed by atoms with E-state index in [1.165, 1.54) is 0 Å². The van der Waals surface area contributed by atoms with Crippen molar-refractivity contribution in [3.63, 3.8) is 0 Å². The fourth-order valence-corrected chi connectivity index (χ4v) is 7.05. The van der Waals surface area contributed by atoms with Gasteiger partial charge in [0.05, 0.1) is 24.2 Å². The molecule has 2 saturated heterocycles. The van der Waals surface area contributed by atoms with Crippen LogP contribution in [0, 0.1) is 5.92 Å². The molecule has 0 aromatic heterocycles. The second-order valence-electron chi connectivity index (χ2n) is 12.5. The average Bonchev–Trinajstić information content (AvgIpc) is 3.08. The van der Waals surface area contributed by atoms with Gasteiger partial charge in [-0.15, -0.1) is 0 Å². The van der Waals surface area contributed by atoms with E-state index < -0.39 is 6.10 Å². The van der Waals surface area contributed by atoms with E-state index in [1.54, 1.807) is 12.0 Å². The van der Waals surface area contributed by atoms with Crippen molar-refractivity contribution in [1.29, 1.82) is 0 Å². The molecular formula is C36H44ClIN4O4. The van der Waals surface area contributed by atoms with Crippen molar-refractivity contribution in [2.75, 3.05) is 51.3 Å². The van der Waals surface area contributed by atoms with Gasteiger partial charge in [-0.1, -0.05) is 74.0 Å². The largest absolute Gasteiger partial charge is 0.455 e. The Balaban J connectivity index is 1.30. The lowest BCUT2D eigenvalue weighted by molar-refractivity contribution is -0.0315. The Morgan fingerprint density at radius 3 is 2.28 bits per heavy atom. The van der Waals surface area contributed by atoms with Gasteiger partial charge in [0.1, 0.15) is 10.2 Å². The van der Waals surface area contributed by atoms with Gasteiger partial charge in [0.15, 0.2) is 0 Å². The minimum absolute atomic E-state index is 0.000799. The number of nitrogens with one attached hydrogen (secondary N) is 1. The third-order valence-electron chi connectivity index (χ3n) is 8.83. The number of anilines is 1. The first-order chi connectivity index (χ1) is 22.2. The predicted molar refractivity (Wildman–Crippen MR) is 193 cm³/mol. The summed E-state index contributed by atoms with van der Waals surface area (Å²) in [5.41, 5.74) is 3.73. The number of piperidine rings is 1. The van der Waals surface area contributed by atoms with Crippen LogP contribution in [0.3, 0.4) is 0 Å². The Labute approximate surface area is 291 Å². The summed E-state index contributed by atoms with van der Waals surface area (Å²) in [6, 6.07) is 25.3. The SMILES string of the molecule is COC(I)C(CC(C)C)NC(=O)N1CC[C@@H](N2CCN(c3cccc(Cl)c3)CC2)[C@H](OC(=O)c2ccc(-c3ccccc3)cc2)C1. The Hall–Kier alpha value is -2.86. The van der Waals surface area contributed by atoms with Gasteiger partial charge in [0, 0.05) is 50.5 Å². The molecule has 10 heteroatoms. The first kappa shape index (κ1) is 34.5. The zero-order valence-corrected chi connectivity index (χ0v) is 29.7. The first-order valence-corrected chi connectivity index (χ1v) is 17.7. The number of piperazine rings is 1. The standard InChI is InChI=1S/C36H44ClIN4O4/c1-25(2)22-31(34(38)45-3)39-36(44)42-17-16-32(41-20-18-40(19-21-41)30-11-7-10-29(37)23-30)33(24-42)46-35(43)28-14-12-27(13-15-28)26-8-5-4-6-9-26/h4-15,23,25,31-34H,16-22,24H2,1-3H3,(H,39,44)/t31?,32-,33-,34?/m1/s1. The minimum atomic E-state index is -0.472. The maximum atomic E-state index is 13.6. The van der Waals surface area contributed by atoms with E-state index >= 15 is 0 Å². The molecule has 0 spiro atoms. The molecule has 0 bridgehead atoms. The van der Waals surface area contributed by atoms with Crippen molar-refractivity contribution in [1.82, 2.24) is 15.1 Å². The zero-order chi connectivity index (χ0) is 32.6. The summed E-state index contributed by atoms with van der Waals surface area (Å²) in [4.78, 5) is 33.7. The number of rotatable bonds is 10. The summed E-state index contributed by atoms with van der Waals surface area (Å²) in [6.07, 6.45) is 1.04. The van der Waals surface area contributed by atoms with Gasteiger partial charge in [-0.2, -0.15) is 0 Å². The van der Waals surface area contributed by atoms with Crippen LogP contribution in [0.1, 0.15) is 37.0 Å². The van der Waals surface area contributed by atoms with Crippen molar-refractivity contribution in [2.24, 2.45) is 5.92 Å². The van der Waals surface area contributed by atoms with Crippen LogP contribution in [0.2, 0.25) is 5.02 Å². The van der Waals surface area contributed by atoms with Crippen LogP contribution in [-0.2, 0) is 9.47 Å². The van der Waals surface area contributed by atoms with Crippen LogP contribution in [0.5, 0.6) is 0 Å². The van der Waals surface area contributed by atoms with Gasteiger partial charge in [0.2, 0.25) is 0 Å². The van der Waals surface area contributed by atoms with Gasteiger partial charge >= 0.3 is 12.0 Å². The van der Waals surface area contributed by atoms with Gasteiger partial charge in [0.25, 0.3) is 0 Å². The monoisotopic (exact) mass is 758 g/mol. The fourth-order valence-electron chi connectivity index (χ4n) is 6.40. The predicted octanol–water partition coefficient (Wildman–Crippen LogP) is 6.96. The minimum Gasteiger partial charge on any atom is -0.455 e. The lowest BCUT2D eigenvalue weighted by Gasteiger charge is -2.46. The van der Waals surface area contributed by atoms with Gasteiger partial charge in [-0.25, -0.2) is 9.59 Å². The van der Waals surface area contributed by atoms with E-state index in [0.717, 1.165) is 54.4 Å². The Morgan fingerprint density at radius 2 is 1.63 bits per heavy atom. The van der Waals surface area contributed by atoms with Crippen molar-refractivity contribution in [3.8, 4) is 11.1 Å². The van der Waals surface area contributed by atoms with E-state index in [4.69, 9.17) is 21.1 Å². The lowest BCUT2D eigenvalue weighted by atomic mass is 9.98. The number of alkyl halides is 1. The second-order valence-corrected chi connectivity index (χ2v) is 14.1. The molecule has 2 unspecified atom stereocenters. The van der Waals surface area contributed by atoms with Crippen molar-refractivity contribution in [3.05, 3.63) is 89.4 Å². The molecule has 3 aromatic rings. The van der Waals surface area contributed by atoms with E-state index in [-0.39, 0.29) is 28.2 Å². The number of halogens is 2. The molecule has 0 radical (unpaired) electrons. The number of likely N-dealkylation sites (tertiary alicyclic amines) is 1. The molecule has 2 fully saturated rings. The van der Waals surface area contributed by atoms with Crippen molar-refractivity contribution < 1.29 is 19.1 Å². The summed E-state index contributed by atoms with van der Waals surface area (Å²) in [5.74, 6) is 0.0230. The van der Waals surface area contributed by atoms with Crippen LogP contribution >= 0.6 is 34.2 Å². The molecule has 5 rings (SSSR count). The molecule has 2 heterocycles. The van der Waals surface area contributed by atoms with Gasteiger partial charge in [-0.05, 0) is 82.8 Å². The lowest BCUT2D eigenvalue weighted by Crippen LogP contribution is -2.62. The molecule has 46 heavy (non-hydrogen) atoms. The molecule has 0 saturated carbocycles. The topological polar surface area (TPSA) is 74.3 Å². The Kier molecular flexibility index (Phi) is 12.2. The maximum Gasteiger partial charge on any atom is 0.338 e. The highest BCUT2D eigenvalue weighted by Gasteiger charge is 2.39. The highest BCUT2D eigenvalue weighted by Crippen LogP contribution is 2.27. The number of ether oxygens (including phenoxy) is 2. The number of benzene rings is 3. The maximum absolute atomic E-state index is 13.6. The van der Waals surface area contributed by atoms with Crippen LogP contribution in [0.25, 0.3) is 11.1 Å². The molecule has 2 aliphatic rings. The molecule has 8 nitrogen and oxygen atoms in total.